The predicted molar refractivity (Wildman–Crippen MR) is 267 cm³/mol. The quantitative estimate of drug-likeness (QED) is 0.0725. The molecular formula is C54H50N14O5. The molecule has 0 aliphatic heterocycles. The van der Waals surface area contributed by atoms with Gasteiger partial charge in [0.05, 0.1) is 70.9 Å². The Bertz CT molecular complexity index is 3720. The minimum Gasteiger partial charge on any atom is -0.497 e. The van der Waals surface area contributed by atoms with Crippen molar-refractivity contribution >= 4 is 22.1 Å². The summed E-state index contributed by atoms with van der Waals surface area (Å²) in [7, 11) is 1.64. The number of nitrogens with zero attached hydrogens (tertiary/aromatic N) is 11. The maximum absolute atomic E-state index is 12.8. The molecule has 19 nitrogen and oxygen atoms in total. The Kier molecular flexibility index (Phi) is 11.1. The van der Waals surface area contributed by atoms with Crippen LogP contribution in [0.3, 0.4) is 0 Å². The number of methoxy groups -OCH3 is 1. The smallest absolute Gasteiger partial charge is 0.179 e. The van der Waals surface area contributed by atoms with E-state index in [1.54, 1.807) is 42.5 Å². The van der Waals surface area contributed by atoms with Crippen LogP contribution in [0.15, 0.2) is 119 Å². The molecule has 2 unspecified atom stereocenters. The summed E-state index contributed by atoms with van der Waals surface area (Å²) in [4.78, 5) is 26.0. The number of aromatic amines is 3. The normalized spacial score (nSPS) is 15.3. The van der Waals surface area contributed by atoms with E-state index in [0.717, 1.165) is 93.3 Å². The van der Waals surface area contributed by atoms with Gasteiger partial charge in [-0.3, -0.25) is 9.97 Å². The van der Waals surface area contributed by atoms with Crippen molar-refractivity contribution in [2.24, 2.45) is 0 Å². The molecular weight excluding hydrogens is 925 g/mol. The first-order chi connectivity index (χ1) is 35.5. The summed E-state index contributed by atoms with van der Waals surface area (Å²) in [6.07, 6.45) is 11.0. The lowest BCUT2D eigenvalue weighted by atomic mass is 9.84. The van der Waals surface area contributed by atoms with Crippen LogP contribution in [0.25, 0.3) is 44.3 Å². The maximum atomic E-state index is 12.8. The van der Waals surface area contributed by atoms with Crippen LogP contribution in [0.2, 0.25) is 0 Å². The van der Waals surface area contributed by atoms with Gasteiger partial charge in [-0.05, 0) is 131 Å². The second-order valence-electron chi connectivity index (χ2n) is 18.9. The van der Waals surface area contributed by atoms with Gasteiger partial charge < -0.3 is 34.0 Å². The van der Waals surface area contributed by atoms with E-state index in [9.17, 15) is 10.2 Å². The fraction of sp³-hybridized carbons (Fsp3) is 0.259. The second-order valence-corrected chi connectivity index (χ2v) is 18.9. The highest BCUT2D eigenvalue weighted by Gasteiger charge is 2.43. The SMILES string of the molecule is COc1ccc(Cn2cc(C(O)(c3ccccn3)c3cc(-c4c(C)noc4C)cc4[nH]c(C5CC5)nc34)nn2)cc1.Cc1noc(C)c1-c1cc(C(O)(c2ccccn2)c2cn[nH]n2)c2nc(C3CC3)[nH]c2c1. The predicted octanol–water partition coefficient (Wildman–Crippen LogP) is 8.55. The van der Waals surface area contributed by atoms with Gasteiger partial charge in [-0.15, -0.1) is 5.10 Å². The molecule has 8 aromatic heterocycles. The first-order valence-corrected chi connectivity index (χ1v) is 24.1. The van der Waals surface area contributed by atoms with Crippen molar-refractivity contribution in [2.45, 2.75) is 83.0 Å². The van der Waals surface area contributed by atoms with E-state index in [4.69, 9.17) is 23.8 Å². The molecule has 2 saturated carbocycles. The Morgan fingerprint density at radius 2 is 1.21 bits per heavy atom. The van der Waals surface area contributed by atoms with Gasteiger partial charge >= 0.3 is 0 Å². The van der Waals surface area contributed by atoms with Crippen molar-refractivity contribution in [1.29, 1.82) is 0 Å². The molecule has 2 atom stereocenters. The number of fused-ring (bicyclic) bond motifs is 2. The summed E-state index contributed by atoms with van der Waals surface area (Å²) in [5.41, 5.74) is 8.30. The van der Waals surface area contributed by atoms with E-state index in [2.05, 4.69) is 56.0 Å². The Labute approximate surface area is 417 Å². The van der Waals surface area contributed by atoms with Gasteiger partial charge in [0, 0.05) is 46.5 Å². The largest absolute Gasteiger partial charge is 0.497 e. The molecule has 2 aliphatic rings. The molecule has 8 heterocycles. The van der Waals surface area contributed by atoms with Gasteiger partial charge in [-0.2, -0.15) is 15.4 Å². The van der Waals surface area contributed by atoms with E-state index in [1.807, 2.05) is 100 Å². The Morgan fingerprint density at radius 1 is 0.671 bits per heavy atom. The molecule has 3 aromatic carbocycles. The van der Waals surface area contributed by atoms with Crippen LogP contribution in [0, 0.1) is 27.7 Å². The van der Waals surface area contributed by atoms with Gasteiger partial charge in [0.25, 0.3) is 0 Å². The van der Waals surface area contributed by atoms with Crippen LogP contribution in [-0.2, 0) is 17.7 Å². The Hall–Kier alpha value is -8.68. The van der Waals surface area contributed by atoms with E-state index in [1.165, 1.54) is 6.20 Å². The van der Waals surface area contributed by atoms with Crippen LogP contribution < -0.4 is 4.74 Å². The molecule has 0 radical (unpaired) electrons. The second kappa shape index (κ2) is 17.9. The standard InChI is InChI=1S/C31H29N7O3.C23H21N7O2/c1-18-28(19(2)41-36-18)22-14-24(29-25(15-22)33-30(34-29)21-9-10-21)31(39,26-6-4-5-13-32-26)27-17-38(37-35-27)16-20-7-11-23(40-3)12-8-20;1-12-20(13(2)32-29-12)15-9-16(21-17(10-15)26-22(27-21)14-6-7-14)23(31,19-11-25-30-28-19)18-5-3-4-8-24-18/h4-8,11-15,17,21,39H,9-10,16H2,1-3H3,(H,33,34);3-5,8-11,14,31H,6-7H2,1-2H3,(H,26,27)(H,25,28,30). The highest BCUT2D eigenvalue weighted by molar-refractivity contribution is 5.89. The number of ether oxygens (including phenoxy) is 1. The van der Waals surface area contributed by atoms with Crippen molar-refractivity contribution in [3.63, 3.8) is 0 Å². The number of rotatable bonds is 13. The van der Waals surface area contributed by atoms with Crippen molar-refractivity contribution in [3.8, 4) is 28.0 Å². The van der Waals surface area contributed by atoms with Crippen LogP contribution in [-0.4, -0.2) is 87.9 Å². The number of aryl methyl sites for hydroxylation is 4. The lowest BCUT2D eigenvalue weighted by Gasteiger charge is -2.27. The molecule has 19 heteroatoms. The van der Waals surface area contributed by atoms with Gasteiger partial charge in [0.15, 0.2) is 11.2 Å². The molecule has 366 valence electrons. The molecule has 2 fully saturated rings. The number of aliphatic hydroxyl groups is 2. The average molecular weight is 975 g/mol. The van der Waals surface area contributed by atoms with Crippen LogP contribution in [0.5, 0.6) is 5.75 Å². The van der Waals surface area contributed by atoms with Gasteiger partial charge in [0.1, 0.15) is 40.3 Å². The number of aromatic nitrogens is 14. The number of benzene rings is 3. The minimum atomic E-state index is -1.75. The molecule has 11 aromatic rings. The van der Waals surface area contributed by atoms with Crippen molar-refractivity contribution in [3.05, 3.63) is 184 Å². The van der Waals surface area contributed by atoms with E-state index < -0.39 is 11.2 Å². The Morgan fingerprint density at radius 3 is 1.64 bits per heavy atom. The molecule has 0 bridgehead atoms. The minimum absolute atomic E-state index is 0.337. The molecule has 0 spiro atoms. The molecule has 13 rings (SSSR count). The van der Waals surface area contributed by atoms with E-state index in [-0.39, 0.29) is 0 Å². The summed E-state index contributed by atoms with van der Waals surface area (Å²) in [6.45, 7) is 8.05. The lowest BCUT2D eigenvalue weighted by Crippen LogP contribution is -2.31. The maximum Gasteiger partial charge on any atom is 0.179 e. The number of nitrogens with one attached hydrogen (secondary N) is 3. The molecule has 0 saturated heterocycles. The Balaban J connectivity index is 0.000000153. The molecule has 0 amide bonds. The summed E-state index contributed by atoms with van der Waals surface area (Å²) < 4.78 is 17.9. The van der Waals surface area contributed by atoms with Gasteiger partial charge in [0.2, 0.25) is 0 Å². The zero-order valence-corrected chi connectivity index (χ0v) is 40.6. The third-order valence-corrected chi connectivity index (χ3v) is 13.8. The van der Waals surface area contributed by atoms with Crippen molar-refractivity contribution in [1.82, 2.24) is 70.6 Å². The van der Waals surface area contributed by atoms with Crippen molar-refractivity contribution < 1.29 is 24.0 Å². The van der Waals surface area contributed by atoms with Gasteiger partial charge in [-0.25, -0.2) is 14.6 Å². The number of hydrogen-bond donors (Lipinski definition) is 5. The van der Waals surface area contributed by atoms with Crippen molar-refractivity contribution in [2.75, 3.05) is 7.11 Å². The number of H-pyrrole nitrogens is 3. The first-order valence-electron chi connectivity index (χ1n) is 24.1. The third kappa shape index (κ3) is 8.11. The summed E-state index contributed by atoms with van der Waals surface area (Å²) in [5.74, 6) is 4.85. The monoisotopic (exact) mass is 974 g/mol. The highest BCUT2D eigenvalue weighted by Crippen LogP contribution is 2.46. The lowest BCUT2D eigenvalue weighted by molar-refractivity contribution is 0.117. The van der Waals surface area contributed by atoms with Crippen LogP contribution in [0.1, 0.15) is 112 Å². The number of hydrogen-bond acceptors (Lipinski definition) is 15. The third-order valence-electron chi connectivity index (χ3n) is 13.8. The zero-order valence-electron chi connectivity index (χ0n) is 40.6. The zero-order chi connectivity index (χ0) is 50.0. The fourth-order valence-corrected chi connectivity index (χ4v) is 9.81. The number of imidazole rings is 2. The fourth-order valence-electron chi connectivity index (χ4n) is 9.81. The molecule has 73 heavy (non-hydrogen) atoms. The van der Waals surface area contributed by atoms with E-state index >= 15 is 0 Å². The number of pyridine rings is 2. The highest BCUT2D eigenvalue weighted by atomic mass is 16.5. The van der Waals surface area contributed by atoms with Gasteiger partial charge in [-0.1, -0.05) is 39.8 Å². The first kappa shape index (κ1) is 45.5. The van der Waals surface area contributed by atoms with Crippen LogP contribution in [0.4, 0.5) is 0 Å². The topological polar surface area (TPSA) is 257 Å². The van der Waals surface area contributed by atoms with Crippen LogP contribution >= 0.6 is 0 Å². The molecule has 5 N–H and O–H groups in total. The summed E-state index contributed by atoms with van der Waals surface area (Å²) in [6, 6.07) is 26.6. The summed E-state index contributed by atoms with van der Waals surface area (Å²) >= 11 is 0. The van der Waals surface area contributed by atoms with E-state index in [0.29, 0.717) is 74.8 Å². The molecule has 2 aliphatic carbocycles. The summed E-state index contributed by atoms with van der Waals surface area (Å²) in [5, 5.41) is 53.0. The average Bonchev–Trinajstić information content (AvgIpc) is 3.98.